The summed E-state index contributed by atoms with van der Waals surface area (Å²) in [6.45, 7) is 6.59. The van der Waals surface area contributed by atoms with Crippen molar-refractivity contribution >= 4 is 23.2 Å². The molecule has 0 radical (unpaired) electrons. The van der Waals surface area contributed by atoms with Crippen LogP contribution < -0.4 is 20.7 Å². The van der Waals surface area contributed by atoms with Crippen molar-refractivity contribution in [2.45, 2.75) is 26.9 Å². The molecule has 0 unspecified atom stereocenters. The molecule has 4 aromatic rings. The zero-order valence-corrected chi connectivity index (χ0v) is 19.7. The zero-order valence-electron chi connectivity index (χ0n) is 18.8. The molecule has 0 heterocycles. The van der Waals surface area contributed by atoms with Gasteiger partial charge in [0.15, 0.2) is 0 Å². The predicted molar refractivity (Wildman–Crippen MR) is 136 cm³/mol. The highest BCUT2D eigenvalue weighted by Crippen LogP contribution is 2.59. The Hall–Kier alpha value is -2.89. The molecule has 4 aromatic carbocycles. The molecule has 0 saturated carbocycles. The summed E-state index contributed by atoms with van der Waals surface area (Å²) in [7, 11) is -0.150. The topological polar surface area (TPSA) is 9.23 Å². The van der Waals surface area contributed by atoms with E-state index in [4.69, 9.17) is 4.74 Å². The Morgan fingerprint density at radius 1 is 0.613 bits per heavy atom. The molecule has 0 spiro atoms. The van der Waals surface area contributed by atoms with E-state index in [-0.39, 0.29) is 0 Å². The Bertz CT molecular complexity index is 1060. The quantitative estimate of drug-likeness (QED) is 0.339. The number of methoxy groups -OCH3 is 1. The molecule has 156 valence electrons. The van der Waals surface area contributed by atoms with Gasteiger partial charge in [-0.3, -0.25) is 0 Å². The zero-order chi connectivity index (χ0) is 21.8. The number of benzene rings is 4. The third-order valence-electron chi connectivity index (χ3n) is 6.25. The summed E-state index contributed by atoms with van der Waals surface area (Å²) < 4.78 is 5.82. The summed E-state index contributed by atoms with van der Waals surface area (Å²) in [5.41, 5.74) is 5.19. The molecule has 0 aliphatic heterocycles. The first-order chi connectivity index (χ1) is 15.1. The normalized spacial score (nSPS) is 11.4. The van der Waals surface area contributed by atoms with Gasteiger partial charge in [0.1, 0.15) is 28.9 Å². The highest BCUT2D eigenvalue weighted by atomic mass is 31.2. The minimum Gasteiger partial charge on any atom is -0.496 e. The largest absolute Gasteiger partial charge is 0.496 e. The predicted octanol–water partition coefficient (Wildman–Crippen LogP) is 6.11. The van der Waals surface area contributed by atoms with Crippen LogP contribution in [0.15, 0.2) is 97.1 Å². The Labute approximate surface area is 187 Å². The van der Waals surface area contributed by atoms with Gasteiger partial charge < -0.3 is 4.74 Å². The molecule has 1 nitrogen and oxygen atoms in total. The summed E-state index contributed by atoms with van der Waals surface area (Å²) in [4.78, 5) is 0. The molecule has 0 aliphatic carbocycles. The van der Waals surface area contributed by atoms with E-state index in [2.05, 4.69) is 118 Å². The SMILES string of the molecule is COc1c(C)cc(C)c(C[P+](c2ccccc2)(c2ccccc2)c2ccccc2)c1C. The minimum absolute atomic E-state index is 0.972. The van der Waals surface area contributed by atoms with E-state index >= 15 is 0 Å². The first kappa shape index (κ1) is 21.3. The lowest BCUT2D eigenvalue weighted by atomic mass is 9.99. The lowest BCUT2D eigenvalue weighted by molar-refractivity contribution is 0.408. The second-order valence-electron chi connectivity index (χ2n) is 8.12. The summed E-state index contributed by atoms with van der Waals surface area (Å²) in [5.74, 6) is 1.01. The first-order valence-corrected chi connectivity index (χ1v) is 12.7. The maximum absolute atomic E-state index is 5.82. The fraction of sp³-hybridized carbons (Fsp3) is 0.172. The Balaban J connectivity index is 2.05. The van der Waals surface area contributed by atoms with Crippen LogP contribution in [0.1, 0.15) is 22.3 Å². The number of ether oxygens (including phenoxy) is 1. The van der Waals surface area contributed by atoms with Crippen LogP contribution in [0.25, 0.3) is 0 Å². The van der Waals surface area contributed by atoms with Gasteiger partial charge in [-0.1, -0.05) is 60.7 Å². The summed E-state index contributed by atoms with van der Waals surface area (Å²) in [6.07, 6.45) is 0.972. The van der Waals surface area contributed by atoms with Crippen molar-refractivity contribution in [2.24, 2.45) is 0 Å². The maximum Gasteiger partial charge on any atom is 0.125 e. The molecule has 4 rings (SSSR count). The number of hydrogen-bond donors (Lipinski definition) is 0. The Morgan fingerprint density at radius 2 is 1.03 bits per heavy atom. The van der Waals surface area contributed by atoms with Crippen molar-refractivity contribution in [1.29, 1.82) is 0 Å². The molecule has 2 heteroatoms. The fourth-order valence-corrected chi connectivity index (χ4v) is 9.22. The Morgan fingerprint density at radius 3 is 1.42 bits per heavy atom. The van der Waals surface area contributed by atoms with E-state index in [9.17, 15) is 0 Å². The average Bonchev–Trinajstić information content (AvgIpc) is 2.81. The first-order valence-electron chi connectivity index (χ1n) is 10.8. The average molecular weight is 426 g/mol. The van der Waals surface area contributed by atoms with Gasteiger partial charge in [-0.05, 0) is 79.4 Å². The van der Waals surface area contributed by atoms with E-state index in [0.29, 0.717) is 0 Å². The van der Waals surface area contributed by atoms with Gasteiger partial charge in [0.25, 0.3) is 0 Å². The highest BCUT2D eigenvalue weighted by Gasteiger charge is 2.46. The number of aryl methyl sites for hydroxylation is 2. The van der Waals surface area contributed by atoms with Gasteiger partial charge in [0.05, 0.1) is 13.3 Å². The van der Waals surface area contributed by atoms with Gasteiger partial charge >= 0.3 is 0 Å². The summed E-state index contributed by atoms with van der Waals surface area (Å²) in [6, 6.07) is 35.5. The van der Waals surface area contributed by atoms with Crippen LogP contribution in [-0.2, 0) is 6.16 Å². The maximum atomic E-state index is 5.82. The van der Waals surface area contributed by atoms with Crippen LogP contribution in [0.4, 0.5) is 0 Å². The number of hydrogen-bond acceptors (Lipinski definition) is 1. The van der Waals surface area contributed by atoms with Gasteiger partial charge in [-0.15, -0.1) is 0 Å². The molecule has 0 atom stereocenters. The lowest BCUT2D eigenvalue weighted by Crippen LogP contribution is -2.32. The van der Waals surface area contributed by atoms with Crippen molar-refractivity contribution in [1.82, 2.24) is 0 Å². The molecule has 0 fully saturated rings. The monoisotopic (exact) mass is 425 g/mol. The smallest absolute Gasteiger partial charge is 0.125 e. The molecule has 0 bridgehead atoms. The van der Waals surface area contributed by atoms with Gasteiger partial charge in [0.2, 0.25) is 0 Å². The van der Waals surface area contributed by atoms with Gasteiger partial charge in [-0.2, -0.15) is 0 Å². The molecule has 0 aromatic heterocycles. The lowest BCUT2D eigenvalue weighted by Gasteiger charge is -2.29. The van der Waals surface area contributed by atoms with Gasteiger partial charge in [-0.25, -0.2) is 0 Å². The summed E-state index contributed by atoms with van der Waals surface area (Å²) >= 11 is 0. The van der Waals surface area contributed by atoms with Crippen molar-refractivity contribution in [3.05, 3.63) is 119 Å². The molecule has 0 aliphatic rings. The van der Waals surface area contributed by atoms with E-state index < -0.39 is 7.26 Å². The highest BCUT2D eigenvalue weighted by molar-refractivity contribution is 7.95. The van der Waals surface area contributed by atoms with Crippen LogP contribution in [-0.4, -0.2) is 7.11 Å². The second-order valence-corrected chi connectivity index (χ2v) is 11.6. The molecule has 0 amide bonds. The van der Waals surface area contributed by atoms with Crippen molar-refractivity contribution < 1.29 is 4.74 Å². The second kappa shape index (κ2) is 9.08. The molecule has 0 saturated heterocycles. The van der Waals surface area contributed by atoms with Crippen LogP contribution in [0.2, 0.25) is 0 Å². The minimum atomic E-state index is -1.93. The van der Waals surface area contributed by atoms with Crippen molar-refractivity contribution in [3.63, 3.8) is 0 Å². The van der Waals surface area contributed by atoms with Crippen molar-refractivity contribution in [2.75, 3.05) is 7.11 Å². The van der Waals surface area contributed by atoms with E-state index in [1.165, 1.54) is 38.2 Å². The third kappa shape index (κ3) is 3.91. The molecular weight excluding hydrogens is 395 g/mol. The third-order valence-corrected chi connectivity index (χ3v) is 10.6. The van der Waals surface area contributed by atoms with Crippen LogP contribution in [0.5, 0.6) is 5.75 Å². The van der Waals surface area contributed by atoms with E-state index in [0.717, 1.165) is 11.9 Å². The van der Waals surface area contributed by atoms with E-state index in [1.807, 2.05) is 0 Å². The van der Waals surface area contributed by atoms with Crippen LogP contribution in [0, 0.1) is 20.8 Å². The molecule has 0 N–H and O–H groups in total. The van der Waals surface area contributed by atoms with Gasteiger partial charge in [0, 0.05) is 0 Å². The molecular formula is C29H30OP+. The van der Waals surface area contributed by atoms with Crippen LogP contribution in [0.3, 0.4) is 0 Å². The van der Waals surface area contributed by atoms with Crippen molar-refractivity contribution in [3.8, 4) is 5.75 Å². The Kier molecular flexibility index (Phi) is 6.25. The summed E-state index contributed by atoms with van der Waals surface area (Å²) in [5, 5.41) is 4.22. The standard InChI is InChI=1S/C29H30OP/c1-22-20-23(2)29(30-4)24(3)28(22)21-31(25-14-8-5-9-15-25,26-16-10-6-11-17-26)27-18-12-7-13-19-27/h5-20H,21H2,1-4H3/q+1. The van der Waals surface area contributed by atoms with Crippen LogP contribution >= 0.6 is 7.26 Å². The fourth-order valence-electron chi connectivity index (χ4n) is 4.77. The molecule has 31 heavy (non-hydrogen) atoms. The number of rotatable bonds is 6. The van der Waals surface area contributed by atoms with E-state index in [1.54, 1.807) is 7.11 Å².